The van der Waals surface area contributed by atoms with Gasteiger partial charge >= 0.3 is 0 Å². The van der Waals surface area contributed by atoms with Gasteiger partial charge in [-0.05, 0) is 42.8 Å². The molecule has 6 nitrogen and oxygen atoms in total. The average Bonchev–Trinajstić information content (AvgIpc) is 3.31. The van der Waals surface area contributed by atoms with Gasteiger partial charge in [0.15, 0.2) is 5.76 Å². The standard InChI is InChI=1S/C20H22N4O2/c25-20(19-7-3-14-26-19)23-10-4-9-22(12-13-23)16-18-6-2-11-24(18)17-5-1-8-21-15-17/h1-3,5-8,11,14-15H,4,9-10,12-13,16H2. The zero-order valence-electron chi connectivity index (χ0n) is 14.6. The Hall–Kier alpha value is -2.86. The summed E-state index contributed by atoms with van der Waals surface area (Å²) in [7, 11) is 0. The SMILES string of the molecule is O=C(c1ccco1)N1CCCN(Cc2cccn2-c2cccnc2)CC1. The predicted octanol–water partition coefficient (Wildman–Crippen LogP) is 2.81. The lowest BCUT2D eigenvalue weighted by Crippen LogP contribution is -2.35. The molecule has 0 N–H and O–H groups in total. The highest BCUT2D eigenvalue weighted by Crippen LogP contribution is 2.16. The maximum Gasteiger partial charge on any atom is 0.289 e. The molecule has 1 fully saturated rings. The number of hydrogen-bond donors (Lipinski definition) is 0. The van der Waals surface area contributed by atoms with Crippen molar-refractivity contribution in [1.29, 1.82) is 0 Å². The number of carbonyl (C=O) groups excluding carboxylic acids is 1. The number of nitrogens with zero attached hydrogens (tertiary/aromatic N) is 4. The van der Waals surface area contributed by atoms with E-state index in [1.165, 1.54) is 5.69 Å². The molecule has 3 aromatic rings. The summed E-state index contributed by atoms with van der Waals surface area (Å²) in [6.07, 6.45) is 8.22. The highest BCUT2D eigenvalue weighted by Gasteiger charge is 2.22. The molecular weight excluding hydrogens is 328 g/mol. The van der Waals surface area contributed by atoms with Crippen molar-refractivity contribution in [1.82, 2.24) is 19.4 Å². The number of pyridine rings is 1. The van der Waals surface area contributed by atoms with Gasteiger partial charge in [0.1, 0.15) is 0 Å². The average molecular weight is 350 g/mol. The first-order chi connectivity index (χ1) is 12.8. The molecular formula is C20H22N4O2. The topological polar surface area (TPSA) is 54.5 Å². The van der Waals surface area contributed by atoms with Gasteiger partial charge in [-0.1, -0.05) is 0 Å². The zero-order valence-corrected chi connectivity index (χ0v) is 14.6. The molecule has 1 aliphatic heterocycles. The van der Waals surface area contributed by atoms with E-state index in [2.05, 4.69) is 38.8 Å². The Balaban J connectivity index is 1.42. The first-order valence-corrected chi connectivity index (χ1v) is 8.93. The molecule has 1 aliphatic rings. The molecule has 134 valence electrons. The number of rotatable bonds is 4. The van der Waals surface area contributed by atoms with E-state index in [9.17, 15) is 4.79 Å². The Bertz CT molecular complexity index is 842. The second-order valence-electron chi connectivity index (χ2n) is 6.48. The minimum absolute atomic E-state index is 0.0180. The van der Waals surface area contributed by atoms with Crippen molar-refractivity contribution in [3.05, 3.63) is 72.7 Å². The second kappa shape index (κ2) is 7.58. The summed E-state index contributed by atoms with van der Waals surface area (Å²) in [6, 6.07) is 11.7. The maximum absolute atomic E-state index is 12.5. The van der Waals surface area contributed by atoms with Crippen LogP contribution in [0.1, 0.15) is 22.7 Å². The molecule has 26 heavy (non-hydrogen) atoms. The number of hydrogen-bond acceptors (Lipinski definition) is 4. The summed E-state index contributed by atoms with van der Waals surface area (Å²) < 4.78 is 7.42. The molecule has 1 saturated heterocycles. The molecule has 1 amide bonds. The summed E-state index contributed by atoms with van der Waals surface area (Å²) in [5.74, 6) is 0.402. The van der Waals surface area contributed by atoms with Gasteiger partial charge in [-0.25, -0.2) is 0 Å². The van der Waals surface area contributed by atoms with Crippen molar-refractivity contribution in [2.45, 2.75) is 13.0 Å². The third kappa shape index (κ3) is 3.55. The van der Waals surface area contributed by atoms with Crippen LogP contribution in [0.5, 0.6) is 0 Å². The van der Waals surface area contributed by atoms with Crippen molar-refractivity contribution in [3.8, 4) is 5.69 Å². The van der Waals surface area contributed by atoms with Gasteiger partial charge in [0.05, 0.1) is 18.1 Å². The molecule has 0 bridgehead atoms. The highest BCUT2D eigenvalue weighted by atomic mass is 16.3. The number of furan rings is 1. The lowest BCUT2D eigenvalue weighted by atomic mass is 10.3. The fourth-order valence-electron chi connectivity index (χ4n) is 3.41. The normalized spacial score (nSPS) is 15.8. The lowest BCUT2D eigenvalue weighted by molar-refractivity contribution is 0.0729. The number of carbonyl (C=O) groups is 1. The third-order valence-electron chi connectivity index (χ3n) is 4.75. The summed E-state index contributed by atoms with van der Waals surface area (Å²) in [5, 5.41) is 0. The first-order valence-electron chi connectivity index (χ1n) is 8.93. The quantitative estimate of drug-likeness (QED) is 0.726. The van der Waals surface area contributed by atoms with Crippen LogP contribution >= 0.6 is 0 Å². The summed E-state index contributed by atoms with van der Waals surface area (Å²) >= 11 is 0. The zero-order chi connectivity index (χ0) is 17.8. The number of aromatic nitrogens is 2. The monoisotopic (exact) mass is 350 g/mol. The predicted molar refractivity (Wildman–Crippen MR) is 98.1 cm³/mol. The Kier molecular flexibility index (Phi) is 4.84. The van der Waals surface area contributed by atoms with Crippen molar-refractivity contribution in [3.63, 3.8) is 0 Å². The lowest BCUT2D eigenvalue weighted by Gasteiger charge is -2.22. The van der Waals surface area contributed by atoms with Gasteiger partial charge in [0.25, 0.3) is 5.91 Å². The smallest absolute Gasteiger partial charge is 0.289 e. The second-order valence-corrected chi connectivity index (χ2v) is 6.48. The minimum Gasteiger partial charge on any atom is -0.459 e. The maximum atomic E-state index is 12.5. The van der Waals surface area contributed by atoms with Crippen LogP contribution in [0.25, 0.3) is 5.69 Å². The van der Waals surface area contributed by atoms with Gasteiger partial charge in [-0.2, -0.15) is 0 Å². The Morgan fingerprint density at radius 3 is 2.85 bits per heavy atom. The largest absolute Gasteiger partial charge is 0.459 e. The molecule has 0 aliphatic carbocycles. The van der Waals surface area contributed by atoms with Gasteiger partial charge in [0, 0.05) is 50.8 Å². The Morgan fingerprint density at radius 2 is 2.04 bits per heavy atom. The number of amides is 1. The molecule has 4 heterocycles. The molecule has 0 radical (unpaired) electrons. The Morgan fingerprint density at radius 1 is 1.08 bits per heavy atom. The van der Waals surface area contributed by atoms with E-state index in [1.54, 1.807) is 24.6 Å². The van der Waals surface area contributed by atoms with Crippen LogP contribution in [0.2, 0.25) is 0 Å². The van der Waals surface area contributed by atoms with Crippen LogP contribution in [-0.2, 0) is 6.54 Å². The van der Waals surface area contributed by atoms with E-state index in [0.717, 1.165) is 38.3 Å². The molecule has 6 heteroatoms. The van der Waals surface area contributed by atoms with Crippen LogP contribution in [0, 0.1) is 0 Å². The molecule has 0 aromatic carbocycles. The Labute approximate surface area is 152 Å². The van der Waals surface area contributed by atoms with E-state index >= 15 is 0 Å². The van der Waals surface area contributed by atoms with E-state index in [4.69, 9.17) is 4.42 Å². The van der Waals surface area contributed by atoms with Crippen molar-refractivity contribution < 1.29 is 9.21 Å². The van der Waals surface area contributed by atoms with Crippen LogP contribution in [0.15, 0.2) is 65.7 Å². The van der Waals surface area contributed by atoms with Crippen LogP contribution < -0.4 is 0 Å². The van der Waals surface area contributed by atoms with E-state index < -0.39 is 0 Å². The summed E-state index contributed by atoms with van der Waals surface area (Å²) in [6.45, 7) is 4.16. The summed E-state index contributed by atoms with van der Waals surface area (Å²) in [5.41, 5.74) is 2.29. The molecule has 0 unspecified atom stereocenters. The molecule has 4 rings (SSSR count). The third-order valence-corrected chi connectivity index (χ3v) is 4.75. The first kappa shape index (κ1) is 16.6. The van der Waals surface area contributed by atoms with E-state index in [0.29, 0.717) is 12.3 Å². The minimum atomic E-state index is -0.0180. The van der Waals surface area contributed by atoms with Crippen molar-refractivity contribution in [2.24, 2.45) is 0 Å². The van der Waals surface area contributed by atoms with Crippen LogP contribution in [0.3, 0.4) is 0 Å². The molecule has 3 aromatic heterocycles. The summed E-state index contributed by atoms with van der Waals surface area (Å²) in [4.78, 5) is 21.0. The van der Waals surface area contributed by atoms with Gasteiger partial charge in [-0.3, -0.25) is 14.7 Å². The fraction of sp³-hybridized carbons (Fsp3) is 0.300. The fourth-order valence-corrected chi connectivity index (χ4v) is 3.41. The van der Waals surface area contributed by atoms with E-state index in [-0.39, 0.29) is 5.91 Å². The highest BCUT2D eigenvalue weighted by molar-refractivity contribution is 5.91. The molecule has 0 saturated carbocycles. The molecule has 0 spiro atoms. The van der Waals surface area contributed by atoms with E-state index in [1.807, 2.05) is 17.2 Å². The molecule has 0 atom stereocenters. The van der Waals surface area contributed by atoms with Crippen LogP contribution in [-0.4, -0.2) is 51.4 Å². The van der Waals surface area contributed by atoms with Gasteiger partial charge in [-0.15, -0.1) is 0 Å². The van der Waals surface area contributed by atoms with Crippen molar-refractivity contribution >= 4 is 5.91 Å². The van der Waals surface area contributed by atoms with Gasteiger partial charge in [0.2, 0.25) is 0 Å². The van der Waals surface area contributed by atoms with Gasteiger partial charge < -0.3 is 13.9 Å². The van der Waals surface area contributed by atoms with Crippen molar-refractivity contribution in [2.75, 3.05) is 26.2 Å². The van der Waals surface area contributed by atoms with Crippen LogP contribution in [0.4, 0.5) is 0 Å².